The number of nitrogens with two attached hydrogens (primary N) is 1. The molecule has 0 spiro atoms. The molecule has 0 radical (unpaired) electrons. The minimum atomic E-state index is -3.95. The maximum absolute atomic E-state index is 13.1. The fraction of sp³-hybridized carbons (Fsp3) is 0.333. The molecule has 2 unspecified atom stereocenters. The number of fused-ring (bicyclic) bond motifs is 1. The lowest BCUT2D eigenvalue weighted by Crippen LogP contribution is -2.48. The van der Waals surface area contributed by atoms with Gasteiger partial charge in [-0.15, -0.1) is 0 Å². The first-order chi connectivity index (χ1) is 24.5. The average Bonchev–Trinajstić information content (AvgIpc) is 3.55. The van der Waals surface area contributed by atoms with Gasteiger partial charge in [-0.2, -0.15) is 9.44 Å². The van der Waals surface area contributed by atoms with Crippen molar-refractivity contribution in [3.8, 4) is 0 Å². The molecule has 0 amide bonds. The Labute approximate surface area is 317 Å². The molecule has 2 saturated carbocycles. The number of anilines is 1. The highest BCUT2D eigenvalue weighted by Crippen LogP contribution is 2.59. The number of carbonyl (C=O) groups excluding carboxylic acids is 2. The largest absolute Gasteiger partial charge is 0.468 e. The van der Waals surface area contributed by atoms with Crippen LogP contribution in [0, 0.1) is 0 Å². The third-order valence-electron chi connectivity index (χ3n) is 9.73. The lowest BCUT2D eigenvalue weighted by atomic mass is 9.93. The predicted octanol–water partition coefficient (Wildman–Crippen LogP) is 4.12. The number of esters is 2. The van der Waals surface area contributed by atoms with Gasteiger partial charge in [-0.25, -0.2) is 36.4 Å². The number of hydrogen-bond donors (Lipinski definition) is 3. The van der Waals surface area contributed by atoms with Crippen molar-refractivity contribution in [1.82, 2.24) is 23.8 Å². The first-order valence-electron chi connectivity index (χ1n) is 15.6. The van der Waals surface area contributed by atoms with E-state index in [-0.39, 0.29) is 13.5 Å². The molecule has 0 bridgehead atoms. The van der Waals surface area contributed by atoms with Gasteiger partial charge in [-0.1, -0.05) is 113 Å². The predicted molar refractivity (Wildman–Crippen MR) is 199 cm³/mol. The Morgan fingerprint density at radius 3 is 1.71 bits per heavy atom. The number of imidazole rings is 1. The van der Waals surface area contributed by atoms with Crippen molar-refractivity contribution < 1.29 is 35.9 Å². The summed E-state index contributed by atoms with van der Waals surface area (Å²) in [6, 6.07) is 18.7. The maximum atomic E-state index is 13.1. The maximum Gasteiger partial charge on any atom is 0.328 e. The van der Waals surface area contributed by atoms with E-state index in [1.807, 2.05) is 74.5 Å². The van der Waals surface area contributed by atoms with Gasteiger partial charge in [0.05, 0.1) is 26.1 Å². The third-order valence-corrected chi connectivity index (χ3v) is 16.0. The molecule has 0 aliphatic heterocycles. The second-order valence-corrected chi connectivity index (χ2v) is 19.3. The number of hydrogen-bond acceptors (Lipinski definition) is 13. The molecule has 3 aromatic heterocycles. The van der Waals surface area contributed by atoms with Crippen LogP contribution in [0.1, 0.15) is 43.5 Å². The zero-order valence-corrected chi connectivity index (χ0v) is 33.2. The summed E-state index contributed by atoms with van der Waals surface area (Å²) < 4.78 is 68.2. The fourth-order valence-corrected chi connectivity index (χ4v) is 11.9. The zero-order valence-electron chi connectivity index (χ0n) is 28.3. The van der Waals surface area contributed by atoms with Gasteiger partial charge in [0.1, 0.15) is 11.1 Å². The SMILES string of the molecule is COC(=O)[C@]1(NS(=O)(=O)c2cn3cc(CBr)nc3s2)CC1(C)c1ccccc1.COC(=O)[C@]1(NS(=O)(=O)c2cnc(N)s2)CC1(C)c1ccccc1. The van der Waals surface area contributed by atoms with Gasteiger partial charge in [0.25, 0.3) is 20.0 Å². The Hall–Kier alpha value is -3.72. The molecular weight excluding hydrogens is 817 g/mol. The van der Waals surface area contributed by atoms with Crippen LogP contribution in [0.5, 0.6) is 0 Å². The van der Waals surface area contributed by atoms with Crippen molar-refractivity contribution in [3.63, 3.8) is 0 Å². The van der Waals surface area contributed by atoms with Crippen molar-refractivity contribution in [2.24, 2.45) is 0 Å². The number of rotatable bonds is 11. The highest BCUT2D eigenvalue weighted by atomic mass is 79.9. The molecule has 5 aromatic rings. The van der Waals surface area contributed by atoms with Crippen LogP contribution in [-0.4, -0.2) is 68.4 Å². The van der Waals surface area contributed by atoms with Crippen molar-refractivity contribution in [2.45, 2.75) is 62.3 Å². The number of halogens is 1. The van der Waals surface area contributed by atoms with E-state index in [0.717, 1.165) is 39.5 Å². The van der Waals surface area contributed by atoms with E-state index in [1.165, 1.54) is 26.6 Å². The second-order valence-electron chi connectivity index (χ2n) is 12.9. The molecule has 2 aromatic carbocycles. The monoisotopic (exact) mass is 850 g/mol. The summed E-state index contributed by atoms with van der Waals surface area (Å²) in [7, 11) is -5.38. The molecule has 4 N–H and O–H groups in total. The molecule has 3 heterocycles. The topological polar surface area (TPSA) is 201 Å². The van der Waals surface area contributed by atoms with E-state index < -0.39 is 53.9 Å². The van der Waals surface area contributed by atoms with Crippen LogP contribution in [0.3, 0.4) is 0 Å². The Balaban J connectivity index is 0.000000181. The number of methoxy groups -OCH3 is 2. The number of carbonyl (C=O) groups is 2. The molecule has 2 aliphatic carbocycles. The summed E-state index contributed by atoms with van der Waals surface area (Å²) in [6.45, 7) is 3.70. The summed E-state index contributed by atoms with van der Waals surface area (Å²) in [6.07, 6.45) is 5.08. The smallest absolute Gasteiger partial charge is 0.328 e. The van der Waals surface area contributed by atoms with Crippen LogP contribution >= 0.6 is 38.6 Å². The van der Waals surface area contributed by atoms with E-state index in [0.29, 0.717) is 23.1 Å². The summed E-state index contributed by atoms with van der Waals surface area (Å²) in [4.78, 5) is 33.7. The lowest BCUT2D eigenvalue weighted by molar-refractivity contribution is -0.145. The number of thiazole rings is 2. The molecule has 14 nitrogen and oxygen atoms in total. The van der Waals surface area contributed by atoms with E-state index >= 15 is 0 Å². The quantitative estimate of drug-likeness (QED) is 0.128. The minimum Gasteiger partial charge on any atom is -0.468 e. The Morgan fingerprint density at radius 2 is 1.31 bits per heavy atom. The molecule has 52 heavy (non-hydrogen) atoms. The molecule has 7 rings (SSSR count). The van der Waals surface area contributed by atoms with E-state index in [9.17, 15) is 26.4 Å². The normalized spacial score (nSPS) is 25.2. The first-order valence-corrected chi connectivity index (χ1v) is 21.3. The van der Waals surface area contributed by atoms with E-state index in [4.69, 9.17) is 15.2 Å². The number of nitrogen functional groups attached to an aromatic ring is 1. The van der Waals surface area contributed by atoms with Crippen LogP contribution in [-0.2, 0) is 55.3 Å². The molecule has 0 saturated heterocycles. The van der Waals surface area contributed by atoms with Gasteiger partial charge in [0, 0.05) is 28.6 Å². The molecular formula is C33H35BrN6O8S4. The lowest BCUT2D eigenvalue weighted by Gasteiger charge is -2.22. The molecule has 4 atom stereocenters. The second kappa shape index (κ2) is 13.6. The van der Waals surface area contributed by atoms with Crippen LogP contribution in [0.25, 0.3) is 4.96 Å². The number of alkyl halides is 1. The third kappa shape index (κ3) is 6.45. The van der Waals surface area contributed by atoms with Crippen molar-refractivity contribution in [3.05, 3.63) is 96.1 Å². The van der Waals surface area contributed by atoms with Crippen LogP contribution < -0.4 is 15.2 Å². The molecule has 19 heteroatoms. The van der Waals surface area contributed by atoms with Crippen LogP contribution in [0.2, 0.25) is 0 Å². The molecule has 2 fully saturated rings. The van der Waals surface area contributed by atoms with Gasteiger partial charge in [-0.3, -0.25) is 4.40 Å². The summed E-state index contributed by atoms with van der Waals surface area (Å²) in [5.41, 5.74) is 4.00. The van der Waals surface area contributed by atoms with E-state index in [1.54, 1.807) is 10.6 Å². The first kappa shape index (κ1) is 38.0. The Kier molecular flexibility index (Phi) is 9.95. The minimum absolute atomic E-state index is 0.0365. The average molecular weight is 852 g/mol. The van der Waals surface area contributed by atoms with E-state index in [2.05, 4.69) is 35.3 Å². The number of benzene rings is 2. The van der Waals surface area contributed by atoms with Gasteiger partial charge in [0.15, 0.2) is 18.5 Å². The fourth-order valence-electron chi connectivity index (χ4n) is 6.57. The highest BCUT2D eigenvalue weighted by Gasteiger charge is 2.73. The number of sulfonamides is 2. The number of nitrogens with one attached hydrogen (secondary N) is 2. The number of ether oxygens (including phenoxy) is 2. The van der Waals surface area contributed by atoms with Crippen LogP contribution in [0.15, 0.2) is 87.7 Å². The van der Waals surface area contributed by atoms with Crippen LogP contribution in [0.4, 0.5) is 5.13 Å². The van der Waals surface area contributed by atoms with Gasteiger partial charge in [0.2, 0.25) is 0 Å². The van der Waals surface area contributed by atoms with Crippen molar-refractivity contribution in [1.29, 1.82) is 0 Å². The number of nitrogens with zero attached hydrogens (tertiary/aromatic N) is 3. The Morgan fingerprint density at radius 1 is 0.827 bits per heavy atom. The van der Waals surface area contributed by atoms with Gasteiger partial charge in [-0.05, 0) is 24.0 Å². The summed E-state index contributed by atoms with van der Waals surface area (Å²) >= 11 is 5.23. The number of aromatic nitrogens is 3. The van der Waals surface area contributed by atoms with Gasteiger partial charge < -0.3 is 15.2 Å². The van der Waals surface area contributed by atoms with Gasteiger partial charge >= 0.3 is 11.9 Å². The van der Waals surface area contributed by atoms with Crippen molar-refractivity contribution >= 4 is 80.7 Å². The Bertz CT molecular complexity index is 2340. The van der Waals surface area contributed by atoms with Crippen molar-refractivity contribution in [2.75, 3.05) is 20.0 Å². The standard InChI is InChI=1S/C18H18BrN3O4S2.C15H17N3O4S2/c1-17(12-6-4-3-5-7-12)11-18(17,15(23)26-2)21-28(24,25)14-10-22-9-13(8-19)20-16(22)27-14;1-14(10-6-4-3-5-7-10)9-15(14,12(19)22-2)18-24(20,21)11-8-17-13(16)23-11/h3-7,9-10,21H,8,11H2,1-2H3;3-8,18H,9H2,1-2H3,(H2,16,17)/t17?,18-;14?,15-/m11/s1. The zero-order chi connectivity index (χ0) is 37.7. The molecule has 276 valence electrons. The highest BCUT2D eigenvalue weighted by molar-refractivity contribution is 9.08. The summed E-state index contributed by atoms with van der Waals surface area (Å²) in [5, 5.41) is 0.729. The summed E-state index contributed by atoms with van der Waals surface area (Å²) in [5.74, 6) is -1.21. The molecule has 2 aliphatic rings.